The number of nitrogens with one attached hydrogen (secondary N) is 2. The van der Waals surface area contributed by atoms with Gasteiger partial charge in [0.1, 0.15) is 5.82 Å². The van der Waals surface area contributed by atoms with Crippen molar-refractivity contribution in [2.45, 2.75) is 45.2 Å². The lowest BCUT2D eigenvalue weighted by atomic mass is 9.86. The molecule has 0 saturated heterocycles. The number of fused-ring (bicyclic) bond motifs is 2. The van der Waals surface area contributed by atoms with Crippen LogP contribution in [-0.2, 0) is 6.54 Å². The summed E-state index contributed by atoms with van der Waals surface area (Å²) in [6, 6.07) is 24.9. The summed E-state index contributed by atoms with van der Waals surface area (Å²) in [7, 11) is 4.05. The minimum Gasteiger partial charge on any atom is -0.362 e. The van der Waals surface area contributed by atoms with E-state index < -0.39 is 0 Å². The van der Waals surface area contributed by atoms with Crippen molar-refractivity contribution in [3.05, 3.63) is 94.4 Å². The Morgan fingerprint density at radius 3 is 2.39 bits per heavy atom. The number of rotatable bonds is 9. The van der Waals surface area contributed by atoms with Gasteiger partial charge in [-0.05, 0) is 79.8 Å². The van der Waals surface area contributed by atoms with Crippen LogP contribution in [0.5, 0.6) is 0 Å². The molecular formula is C34H37N5OS. The van der Waals surface area contributed by atoms with E-state index in [1.807, 2.05) is 67.5 Å². The lowest BCUT2D eigenvalue weighted by Crippen LogP contribution is -2.32. The van der Waals surface area contributed by atoms with Crippen LogP contribution in [0.25, 0.3) is 21.0 Å². The van der Waals surface area contributed by atoms with Crippen molar-refractivity contribution in [3.63, 3.8) is 0 Å². The third-order valence-electron chi connectivity index (χ3n) is 8.25. The van der Waals surface area contributed by atoms with E-state index in [2.05, 4.69) is 41.8 Å². The first kappa shape index (κ1) is 27.4. The zero-order chi connectivity index (χ0) is 28.3. The Hall–Kier alpha value is -3.81. The number of aromatic nitrogens is 2. The smallest absolute Gasteiger partial charge is 0.225 e. The van der Waals surface area contributed by atoms with Gasteiger partial charge in [0.25, 0.3) is 0 Å². The highest BCUT2D eigenvalue weighted by molar-refractivity contribution is 7.21. The van der Waals surface area contributed by atoms with Crippen LogP contribution < -0.4 is 15.5 Å². The molecular weight excluding hydrogens is 526 g/mol. The third kappa shape index (κ3) is 5.83. The van der Waals surface area contributed by atoms with E-state index in [-0.39, 0.29) is 5.78 Å². The Labute approximate surface area is 245 Å². The minimum absolute atomic E-state index is 0.126. The monoisotopic (exact) mass is 563 g/mol. The van der Waals surface area contributed by atoms with Gasteiger partial charge in [-0.25, -0.2) is 4.98 Å². The number of nitrogens with zero attached hydrogens (tertiary/aromatic N) is 3. The molecule has 2 heterocycles. The van der Waals surface area contributed by atoms with Crippen LogP contribution in [0.3, 0.4) is 0 Å². The number of thiophene rings is 1. The second kappa shape index (κ2) is 12.0. The molecule has 0 radical (unpaired) electrons. The summed E-state index contributed by atoms with van der Waals surface area (Å²) >= 11 is 1.60. The number of carbonyl (C=O) groups excluding carboxylic acids is 1. The van der Waals surface area contributed by atoms with Crippen LogP contribution in [-0.4, -0.2) is 42.4 Å². The van der Waals surface area contributed by atoms with Gasteiger partial charge in [-0.1, -0.05) is 54.6 Å². The van der Waals surface area contributed by atoms with E-state index in [9.17, 15) is 4.79 Å². The van der Waals surface area contributed by atoms with Crippen LogP contribution in [0.4, 0.5) is 11.8 Å². The predicted molar refractivity (Wildman–Crippen MR) is 171 cm³/mol. The molecule has 0 aliphatic heterocycles. The van der Waals surface area contributed by atoms with E-state index in [0.717, 1.165) is 70.5 Å². The van der Waals surface area contributed by atoms with E-state index >= 15 is 0 Å². The molecule has 6 rings (SSSR count). The number of ketones is 1. The standard InChI is InChI=1S/C34H37N5OS/c1-22-26-11-7-9-15-30(26)41-32(22)31(40)27-12-5-4-10-24(27)21-35-20-23-16-18-25(19-17-23)36-34-37-29-14-8-6-13-28(29)33(38-34)39(2)3/h4-15,23,25,35H,16-21H2,1-3H3,(H,36,37,38)/t23-,25+. The molecule has 2 N–H and O–H groups in total. The fraction of sp³-hybridized carbons (Fsp3) is 0.324. The molecule has 7 heteroatoms. The van der Waals surface area contributed by atoms with Gasteiger partial charge < -0.3 is 15.5 Å². The molecule has 0 spiro atoms. The fourth-order valence-corrected chi connectivity index (χ4v) is 7.14. The van der Waals surface area contributed by atoms with Gasteiger partial charge in [-0.3, -0.25) is 4.79 Å². The topological polar surface area (TPSA) is 70.2 Å². The van der Waals surface area contributed by atoms with Gasteiger partial charge in [0.05, 0.1) is 10.4 Å². The average molecular weight is 564 g/mol. The number of hydrogen-bond acceptors (Lipinski definition) is 7. The van der Waals surface area contributed by atoms with Crippen LogP contribution in [0, 0.1) is 12.8 Å². The molecule has 1 aliphatic carbocycles. The summed E-state index contributed by atoms with van der Waals surface area (Å²) < 4.78 is 1.17. The van der Waals surface area contributed by atoms with Gasteiger partial charge >= 0.3 is 0 Å². The van der Waals surface area contributed by atoms with Gasteiger partial charge in [0.2, 0.25) is 11.7 Å². The highest BCUT2D eigenvalue weighted by Crippen LogP contribution is 2.33. The Morgan fingerprint density at radius 2 is 1.61 bits per heavy atom. The second-order valence-electron chi connectivity index (χ2n) is 11.3. The lowest BCUT2D eigenvalue weighted by Gasteiger charge is -2.29. The summed E-state index contributed by atoms with van der Waals surface area (Å²) in [5, 5.41) is 9.52. The second-order valence-corrected chi connectivity index (χ2v) is 12.4. The molecule has 41 heavy (non-hydrogen) atoms. The summed E-state index contributed by atoms with van der Waals surface area (Å²) in [6.45, 7) is 3.71. The Balaban J connectivity index is 1.04. The maximum atomic E-state index is 13.6. The van der Waals surface area contributed by atoms with Crippen molar-refractivity contribution in [3.8, 4) is 0 Å². The molecule has 5 aromatic rings. The summed E-state index contributed by atoms with van der Waals surface area (Å²) in [4.78, 5) is 26.1. The maximum Gasteiger partial charge on any atom is 0.225 e. The summed E-state index contributed by atoms with van der Waals surface area (Å²) in [6.07, 6.45) is 4.50. The van der Waals surface area contributed by atoms with Crippen molar-refractivity contribution in [1.82, 2.24) is 15.3 Å². The molecule has 1 aliphatic rings. The maximum absolute atomic E-state index is 13.6. The minimum atomic E-state index is 0.126. The predicted octanol–water partition coefficient (Wildman–Crippen LogP) is 7.21. The van der Waals surface area contributed by atoms with E-state index in [4.69, 9.17) is 9.97 Å². The molecule has 1 saturated carbocycles. The Kier molecular flexibility index (Phi) is 7.99. The van der Waals surface area contributed by atoms with Gasteiger partial charge in [-0.15, -0.1) is 11.3 Å². The fourth-order valence-electron chi connectivity index (χ4n) is 5.98. The van der Waals surface area contributed by atoms with Gasteiger partial charge in [0.15, 0.2) is 0 Å². The third-order valence-corrected chi connectivity index (χ3v) is 9.52. The van der Waals surface area contributed by atoms with Crippen molar-refractivity contribution in [1.29, 1.82) is 0 Å². The number of anilines is 2. The number of para-hydroxylation sites is 1. The lowest BCUT2D eigenvalue weighted by molar-refractivity contribution is 0.104. The number of benzene rings is 3. The van der Waals surface area contributed by atoms with Crippen LogP contribution in [0.15, 0.2) is 72.8 Å². The SMILES string of the molecule is Cc1c(C(=O)c2ccccc2CNC[C@H]2CC[C@@H](Nc3nc(N(C)C)c4ccccc4n3)CC2)sc2ccccc12. The van der Waals surface area contributed by atoms with E-state index in [1.165, 1.54) is 10.1 Å². The van der Waals surface area contributed by atoms with Gasteiger partial charge in [0, 0.05) is 42.3 Å². The van der Waals surface area contributed by atoms with Crippen LogP contribution in [0.1, 0.15) is 52.0 Å². The van der Waals surface area contributed by atoms with Gasteiger partial charge in [-0.2, -0.15) is 4.98 Å². The van der Waals surface area contributed by atoms with E-state index in [0.29, 0.717) is 24.5 Å². The molecule has 2 aromatic heterocycles. The zero-order valence-corrected chi connectivity index (χ0v) is 24.8. The average Bonchev–Trinajstić information content (AvgIpc) is 3.33. The Bertz CT molecular complexity index is 1690. The molecule has 0 amide bonds. The molecule has 0 bridgehead atoms. The largest absolute Gasteiger partial charge is 0.362 e. The quantitative estimate of drug-likeness (QED) is 0.185. The van der Waals surface area contributed by atoms with Crippen LogP contribution in [0.2, 0.25) is 0 Å². The number of carbonyl (C=O) groups is 1. The number of hydrogen-bond donors (Lipinski definition) is 2. The van der Waals surface area contributed by atoms with Crippen LogP contribution >= 0.6 is 11.3 Å². The first-order valence-corrected chi connectivity index (χ1v) is 15.3. The van der Waals surface area contributed by atoms with Crippen molar-refractivity contribution in [2.75, 3.05) is 30.9 Å². The van der Waals surface area contributed by atoms with Crippen molar-refractivity contribution >= 4 is 49.9 Å². The first-order chi connectivity index (χ1) is 20.0. The Morgan fingerprint density at radius 1 is 0.902 bits per heavy atom. The highest BCUT2D eigenvalue weighted by Gasteiger charge is 2.23. The highest BCUT2D eigenvalue weighted by atomic mass is 32.1. The van der Waals surface area contributed by atoms with Crippen molar-refractivity contribution in [2.24, 2.45) is 5.92 Å². The summed E-state index contributed by atoms with van der Waals surface area (Å²) in [5.74, 6) is 2.40. The molecule has 0 atom stereocenters. The van der Waals surface area contributed by atoms with Crippen molar-refractivity contribution < 1.29 is 4.79 Å². The molecule has 0 unspecified atom stereocenters. The molecule has 1 fully saturated rings. The normalized spacial score (nSPS) is 17.1. The molecule has 210 valence electrons. The molecule has 6 nitrogen and oxygen atoms in total. The van der Waals surface area contributed by atoms with E-state index in [1.54, 1.807) is 11.3 Å². The zero-order valence-electron chi connectivity index (χ0n) is 24.0. The first-order valence-electron chi connectivity index (χ1n) is 14.5. The molecule has 3 aromatic carbocycles. The number of aryl methyl sites for hydroxylation is 1. The summed E-state index contributed by atoms with van der Waals surface area (Å²) in [5.41, 5.74) is 3.91.